The molecule has 2 aromatic carbocycles. The molecular formula is C20H26N4O2+2. The lowest BCUT2D eigenvalue weighted by atomic mass is 10.2. The Morgan fingerprint density at radius 3 is 1.35 bits per heavy atom. The molecule has 1 saturated heterocycles. The van der Waals surface area contributed by atoms with Gasteiger partial charge in [-0.05, 0) is 24.3 Å². The van der Waals surface area contributed by atoms with Crippen LogP contribution in [0, 0.1) is 0 Å². The van der Waals surface area contributed by atoms with Crippen LogP contribution in [0.3, 0.4) is 0 Å². The molecule has 6 heteroatoms. The predicted molar refractivity (Wildman–Crippen MR) is 98.9 cm³/mol. The molecule has 4 N–H and O–H groups in total. The van der Waals surface area contributed by atoms with Crippen LogP contribution in [0.1, 0.15) is 20.7 Å². The molecule has 1 aliphatic rings. The zero-order valence-electron chi connectivity index (χ0n) is 14.8. The number of carbonyl (C=O) groups excluding carboxylic acids is 2. The quantitative estimate of drug-likeness (QED) is 0.513. The van der Waals surface area contributed by atoms with E-state index in [0.29, 0.717) is 24.5 Å². The maximum absolute atomic E-state index is 12.1. The Labute approximate surface area is 153 Å². The van der Waals surface area contributed by atoms with Crippen molar-refractivity contribution in [1.29, 1.82) is 0 Å². The summed E-state index contributed by atoms with van der Waals surface area (Å²) in [4.78, 5) is 26.9. The van der Waals surface area contributed by atoms with Crippen molar-refractivity contribution in [2.45, 2.75) is 0 Å². The summed E-state index contributed by atoms with van der Waals surface area (Å²) in [6.45, 7) is 5.18. The Morgan fingerprint density at radius 1 is 0.654 bits per heavy atom. The molecule has 136 valence electrons. The topological polar surface area (TPSA) is 67.1 Å². The molecule has 0 atom stereocenters. The first-order valence-electron chi connectivity index (χ1n) is 9.06. The Hall–Kier alpha value is -2.70. The second-order valence-corrected chi connectivity index (χ2v) is 6.60. The Morgan fingerprint density at radius 2 is 1.00 bits per heavy atom. The molecule has 26 heavy (non-hydrogen) atoms. The van der Waals surface area contributed by atoms with Gasteiger partial charge in [0.25, 0.3) is 11.8 Å². The number of rotatable bonds is 6. The molecular weight excluding hydrogens is 328 g/mol. The van der Waals surface area contributed by atoms with E-state index < -0.39 is 0 Å². The number of amides is 2. The van der Waals surface area contributed by atoms with Crippen LogP contribution >= 0.6 is 0 Å². The van der Waals surface area contributed by atoms with Crippen molar-refractivity contribution in [2.75, 3.05) is 39.5 Å². The second-order valence-electron chi connectivity index (χ2n) is 6.60. The molecule has 6 nitrogen and oxygen atoms in total. The summed E-state index contributed by atoms with van der Waals surface area (Å²) in [5.74, 6) is -0.0500. The molecule has 0 bridgehead atoms. The summed E-state index contributed by atoms with van der Waals surface area (Å²) in [6, 6.07) is 18.6. The fraction of sp³-hybridized carbons (Fsp3) is 0.300. The lowest BCUT2D eigenvalue weighted by molar-refractivity contribution is -1.01. The molecule has 0 unspecified atom stereocenters. The highest BCUT2D eigenvalue weighted by atomic mass is 16.2. The smallest absolute Gasteiger partial charge is 0.255 e. The summed E-state index contributed by atoms with van der Waals surface area (Å²) < 4.78 is 0. The summed E-state index contributed by atoms with van der Waals surface area (Å²) in [7, 11) is 0. The van der Waals surface area contributed by atoms with Crippen molar-refractivity contribution in [1.82, 2.24) is 10.6 Å². The van der Waals surface area contributed by atoms with E-state index in [4.69, 9.17) is 0 Å². The van der Waals surface area contributed by atoms with E-state index in [1.54, 1.807) is 0 Å². The number of piperazine rings is 1. The van der Waals surface area contributed by atoms with Crippen LogP contribution in [-0.2, 0) is 0 Å². The van der Waals surface area contributed by atoms with E-state index in [1.807, 2.05) is 60.7 Å². The summed E-state index contributed by atoms with van der Waals surface area (Å²) in [6.07, 6.45) is 0. The monoisotopic (exact) mass is 354 g/mol. The van der Waals surface area contributed by atoms with Gasteiger partial charge in [-0.3, -0.25) is 9.59 Å². The third-order valence-electron chi connectivity index (χ3n) is 4.73. The molecule has 1 aliphatic heterocycles. The van der Waals surface area contributed by atoms with Gasteiger partial charge in [0.05, 0.1) is 0 Å². The van der Waals surface area contributed by atoms with Crippen molar-refractivity contribution in [3.05, 3.63) is 71.8 Å². The van der Waals surface area contributed by atoms with Crippen molar-refractivity contribution < 1.29 is 19.4 Å². The molecule has 3 rings (SSSR count). The van der Waals surface area contributed by atoms with Crippen molar-refractivity contribution in [3.63, 3.8) is 0 Å². The largest absolute Gasteiger partial charge is 0.309 e. The number of nitrogens with one attached hydrogen (secondary N) is 4. The van der Waals surface area contributed by atoms with Gasteiger partial charge in [0.2, 0.25) is 0 Å². The maximum atomic E-state index is 12.1. The molecule has 0 aromatic heterocycles. The number of hydrogen-bond acceptors (Lipinski definition) is 2. The normalized spacial score (nSPS) is 19.5. The lowest BCUT2D eigenvalue weighted by Crippen LogP contribution is -3.29. The molecule has 0 radical (unpaired) electrons. The zero-order chi connectivity index (χ0) is 18.2. The Balaban J connectivity index is 1.35. The van der Waals surface area contributed by atoms with E-state index in [9.17, 15) is 9.59 Å². The first-order chi connectivity index (χ1) is 12.7. The highest BCUT2D eigenvalue weighted by Crippen LogP contribution is 1.97. The van der Waals surface area contributed by atoms with E-state index in [0.717, 1.165) is 26.2 Å². The fourth-order valence-electron chi connectivity index (χ4n) is 3.10. The second kappa shape index (κ2) is 9.12. The van der Waals surface area contributed by atoms with Crippen molar-refractivity contribution in [3.8, 4) is 0 Å². The molecule has 0 aliphatic carbocycles. The van der Waals surface area contributed by atoms with Gasteiger partial charge in [-0.25, -0.2) is 0 Å². The van der Waals surface area contributed by atoms with Crippen LogP contribution < -0.4 is 20.4 Å². The minimum Gasteiger partial charge on any atom is -0.309 e. The Bertz CT molecular complexity index is 650. The number of carbonyl (C=O) groups is 2. The van der Waals surface area contributed by atoms with Crippen LogP contribution in [0.4, 0.5) is 0 Å². The van der Waals surface area contributed by atoms with Gasteiger partial charge < -0.3 is 20.4 Å². The van der Waals surface area contributed by atoms with Gasteiger partial charge in [0.1, 0.15) is 26.2 Å². The summed E-state index contributed by atoms with van der Waals surface area (Å²) in [5.41, 5.74) is 1.39. The summed E-state index contributed by atoms with van der Waals surface area (Å²) >= 11 is 0. The minimum atomic E-state index is -0.0250. The van der Waals surface area contributed by atoms with Gasteiger partial charge in [0.15, 0.2) is 13.3 Å². The fourth-order valence-corrected chi connectivity index (χ4v) is 3.10. The molecule has 1 heterocycles. The van der Waals surface area contributed by atoms with Crippen molar-refractivity contribution in [2.24, 2.45) is 0 Å². The number of benzene rings is 2. The van der Waals surface area contributed by atoms with E-state index >= 15 is 0 Å². The average Bonchev–Trinajstić information content (AvgIpc) is 2.72. The average molecular weight is 354 g/mol. The summed E-state index contributed by atoms with van der Waals surface area (Å²) in [5, 5.41) is 6.00. The van der Waals surface area contributed by atoms with Crippen LogP contribution in [0.5, 0.6) is 0 Å². The third-order valence-corrected chi connectivity index (χ3v) is 4.73. The highest BCUT2D eigenvalue weighted by molar-refractivity contribution is 5.94. The highest BCUT2D eigenvalue weighted by Gasteiger charge is 2.23. The van der Waals surface area contributed by atoms with E-state index in [-0.39, 0.29) is 11.8 Å². The number of quaternary nitrogens is 2. The van der Waals surface area contributed by atoms with E-state index in [1.165, 1.54) is 9.80 Å². The van der Waals surface area contributed by atoms with Crippen LogP contribution in [0.25, 0.3) is 0 Å². The standard InChI is InChI=1S/C20H24N4O2/c25-19(17-7-3-1-4-8-17)21-15-23-11-13-24(14-12-23)16-22-20(26)18-9-5-2-6-10-18/h1-10H,11-16H2,(H,21,25)(H,22,26)/p+2. The maximum Gasteiger partial charge on any atom is 0.255 e. The zero-order valence-corrected chi connectivity index (χ0v) is 14.8. The van der Waals surface area contributed by atoms with Crippen molar-refractivity contribution >= 4 is 11.8 Å². The van der Waals surface area contributed by atoms with Gasteiger partial charge >= 0.3 is 0 Å². The van der Waals surface area contributed by atoms with Gasteiger partial charge in [0, 0.05) is 11.1 Å². The van der Waals surface area contributed by atoms with E-state index in [2.05, 4.69) is 10.6 Å². The van der Waals surface area contributed by atoms with Crippen LogP contribution in [-0.4, -0.2) is 51.3 Å². The molecule has 1 fully saturated rings. The first kappa shape index (κ1) is 18.1. The van der Waals surface area contributed by atoms with Crippen LogP contribution in [0.15, 0.2) is 60.7 Å². The van der Waals surface area contributed by atoms with Gasteiger partial charge in [-0.15, -0.1) is 0 Å². The molecule has 2 amide bonds. The SMILES string of the molecule is O=C(NC[NH+]1CC[NH+](CNC(=O)c2ccccc2)CC1)c1ccccc1. The first-order valence-corrected chi connectivity index (χ1v) is 9.06. The van der Waals surface area contributed by atoms with Gasteiger partial charge in [-0.2, -0.15) is 0 Å². The van der Waals surface area contributed by atoms with Crippen LogP contribution in [0.2, 0.25) is 0 Å². The number of hydrogen-bond donors (Lipinski definition) is 4. The molecule has 0 saturated carbocycles. The lowest BCUT2D eigenvalue weighted by Gasteiger charge is -2.29. The van der Waals surface area contributed by atoms with Gasteiger partial charge in [-0.1, -0.05) is 36.4 Å². The minimum absolute atomic E-state index is 0.0250. The Kier molecular flexibility index (Phi) is 6.35. The molecule has 2 aromatic rings. The molecule has 0 spiro atoms. The third kappa shape index (κ3) is 5.15. The predicted octanol–water partition coefficient (Wildman–Crippen LogP) is -1.46.